The molecule has 0 fully saturated rings. The quantitative estimate of drug-likeness (QED) is 0.505. The molecule has 7 heteroatoms. The Morgan fingerprint density at radius 2 is 2.23 bits per heavy atom. The molecule has 6 nitrogen and oxygen atoms in total. The first kappa shape index (κ1) is 16.0. The summed E-state index contributed by atoms with van der Waals surface area (Å²) < 4.78 is 5.02. The van der Waals surface area contributed by atoms with Crippen LogP contribution < -0.4 is 5.43 Å². The highest BCUT2D eigenvalue weighted by Crippen LogP contribution is 2.17. The van der Waals surface area contributed by atoms with Gasteiger partial charge in [0.25, 0.3) is 5.91 Å². The third kappa shape index (κ3) is 3.43. The average molecular weight is 319 g/mol. The largest absolute Gasteiger partial charge is 0.462 e. The first-order valence-electron chi connectivity index (χ1n) is 6.77. The molecule has 2 N–H and O–H groups in total. The van der Waals surface area contributed by atoms with Gasteiger partial charge in [0.1, 0.15) is 0 Å². The summed E-state index contributed by atoms with van der Waals surface area (Å²) in [6.45, 7) is 5.68. The summed E-state index contributed by atoms with van der Waals surface area (Å²) in [6, 6.07) is 3.52. The van der Waals surface area contributed by atoms with Gasteiger partial charge in [-0.15, -0.1) is 11.3 Å². The summed E-state index contributed by atoms with van der Waals surface area (Å²) in [5.41, 5.74) is 5.07. The molecular formula is C15H17N3O3S. The second-order valence-electron chi connectivity index (χ2n) is 4.56. The third-order valence-electron chi connectivity index (χ3n) is 3.06. The van der Waals surface area contributed by atoms with E-state index in [1.165, 1.54) is 17.6 Å². The number of aromatic amines is 1. The van der Waals surface area contributed by atoms with E-state index >= 15 is 0 Å². The van der Waals surface area contributed by atoms with Crippen LogP contribution in [0.1, 0.15) is 43.9 Å². The fourth-order valence-electron chi connectivity index (χ4n) is 2.03. The Bertz CT molecular complexity index is 702. The van der Waals surface area contributed by atoms with Crippen molar-refractivity contribution >= 4 is 29.4 Å². The molecule has 0 atom stereocenters. The molecule has 0 unspecified atom stereocenters. The number of ether oxygens (including phenoxy) is 1. The van der Waals surface area contributed by atoms with Crippen LogP contribution in [-0.4, -0.2) is 29.7 Å². The fraction of sp³-hybridized carbons (Fsp3) is 0.267. The van der Waals surface area contributed by atoms with E-state index in [0.29, 0.717) is 28.4 Å². The van der Waals surface area contributed by atoms with E-state index in [1.54, 1.807) is 32.9 Å². The van der Waals surface area contributed by atoms with Crippen molar-refractivity contribution in [2.45, 2.75) is 20.8 Å². The van der Waals surface area contributed by atoms with Crippen molar-refractivity contribution in [1.82, 2.24) is 10.4 Å². The van der Waals surface area contributed by atoms with Crippen molar-refractivity contribution in [3.63, 3.8) is 0 Å². The second kappa shape index (κ2) is 7.04. The summed E-state index contributed by atoms with van der Waals surface area (Å²) in [4.78, 5) is 27.3. The van der Waals surface area contributed by atoms with Crippen molar-refractivity contribution in [2.24, 2.45) is 5.10 Å². The number of esters is 1. The summed E-state index contributed by atoms with van der Waals surface area (Å²) >= 11 is 1.34. The van der Waals surface area contributed by atoms with E-state index < -0.39 is 0 Å². The van der Waals surface area contributed by atoms with Crippen LogP contribution >= 0.6 is 11.3 Å². The van der Waals surface area contributed by atoms with Gasteiger partial charge in [0.15, 0.2) is 0 Å². The molecule has 2 aromatic rings. The fourth-order valence-corrected chi connectivity index (χ4v) is 2.64. The molecule has 0 aliphatic carbocycles. The molecule has 0 spiro atoms. The Morgan fingerprint density at radius 3 is 2.86 bits per heavy atom. The van der Waals surface area contributed by atoms with Crippen LogP contribution in [0.4, 0.5) is 0 Å². The monoisotopic (exact) mass is 319 g/mol. The van der Waals surface area contributed by atoms with Crippen molar-refractivity contribution in [3.05, 3.63) is 44.9 Å². The number of amides is 1. The average Bonchev–Trinajstić information content (AvgIpc) is 3.08. The minimum Gasteiger partial charge on any atom is -0.462 e. The molecule has 2 rings (SSSR count). The smallest absolute Gasteiger partial charge is 0.340 e. The van der Waals surface area contributed by atoms with Crippen LogP contribution in [0.25, 0.3) is 0 Å². The van der Waals surface area contributed by atoms with Crippen LogP contribution in [0.2, 0.25) is 0 Å². The van der Waals surface area contributed by atoms with Crippen LogP contribution in [-0.2, 0) is 4.74 Å². The number of carbonyl (C=O) groups excluding carboxylic acids is 2. The van der Waals surface area contributed by atoms with E-state index in [9.17, 15) is 9.59 Å². The Labute approximate surface area is 132 Å². The number of aromatic nitrogens is 1. The first-order chi connectivity index (χ1) is 10.5. The van der Waals surface area contributed by atoms with Crippen molar-refractivity contribution in [2.75, 3.05) is 6.61 Å². The van der Waals surface area contributed by atoms with Crippen molar-refractivity contribution in [3.8, 4) is 0 Å². The zero-order valence-corrected chi connectivity index (χ0v) is 13.4. The molecule has 0 bridgehead atoms. The molecule has 0 aromatic carbocycles. The summed E-state index contributed by atoms with van der Waals surface area (Å²) in [7, 11) is 0. The summed E-state index contributed by atoms with van der Waals surface area (Å²) in [5.74, 6) is -0.631. The highest BCUT2D eigenvalue weighted by molar-refractivity contribution is 7.12. The molecular weight excluding hydrogens is 302 g/mol. The predicted molar refractivity (Wildman–Crippen MR) is 85.6 cm³/mol. The normalized spacial score (nSPS) is 10.9. The van der Waals surface area contributed by atoms with Gasteiger partial charge in [0, 0.05) is 5.69 Å². The van der Waals surface area contributed by atoms with Crippen LogP contribution in [0.3, 0.4) is 0 Å². The zero-order valence-electron chi connectivity index (χ0n) is 12.6. The number of rotatable bonds is 5. The number of thiophene rings is 1. The number of aryl methyl sites for hydroxylation is 1. The van der Waals surface area contributed by atoms with Gasteiger partial charge >= 0.3 is 5.97 Å². The number of H-pyrrole nitrogens is 1. The highest BCUT2D eigenvalue weighted by atomic mass is 32.1. The lowest BCUT2D eigenvalue weighted by molar-refractivity contribution is 0.0525. The lowest BCUT2D eigenvalue weighted by Gasteiger charge is -2.01. The topological polar surface area (TPSA) is 83.6 Å². The van der Waals surface area contributed by atoms with Gasteiger partial charge in [0.2, 0.25) is 0 Å². The zero-order chi connectivity index (χ0) is 16.1. The number of carbonyl (C=O) groups is 2. The van der Waals surface area contributed by atoms with Gasteiger partial charge in [-0.25, -0.2) is 10.2 Å². The van der Waals surface area contributed by atoms with Crippen molar-refractivity contribution < 1.29 is 14.3 Å². The first-order valence-corrected chi connectivity index (χ1v) is 7.65. The van der Waals surface area contributed by atoms with Gasteiger partial charge in [-0.2, -0.15) is 5.10 Å². The minimum atomic E-state index is -0.365. The molecule has 22 heavy (non-hydrogen) atoms. The Kier molecular flexibility index (Phi) is 5.11. The molecule has 2 aromatic heterocycles. The maximum Gasteiger partial charge on any atom is 0.340 e. The van der Waals surface area contributed by atoms with Crippen LogP contribution in [0, 0.1) is 13.8 Å². The lowest BCUT2D eigenvalue weighted by Crippen LogP contribution is -2.16. The van der Waals surface area contributed by atoms with E-state index in [2.05, 4.69) is 15.5 Å². The van der Waals surface area contributed by atoms with Crippen LogP contribution in [0.5, 0.6) is 0 Å². The Morgan fingerprint density at radius 1 is 1.45 bits per heavy atom. The number of nitrogens with zero attached hydrogens (tertiary/aromatic N) is 1. The molecule has 1 amide bonds. The second-order valence-corrected chi connectivity index (χ2v) is 5.51. The Hall–Kier alpha value is -2.41. The highest BCUT2D eigenvalue weighted by Gasteiger charge is 2.18. The lowest BCUT2D eigenvalue weighted by atomic mass is 10.1. The third-order valence-corrected chi connectivity index (χ3v) is 3.93. The van der Waals surface area contributed by atoms with E-state index in [1.807, 2.05) is 5.38 Å². The SMILES string of the molecule is CCOC(=O)c1c(C)[nH]c(/C=N/NC(=O)c2cccs2)c1C. The standard InChI is InChI=1S/C15H17N3O3S/c1-4-21-15(20)13-9(2)11(17-10(13)3)8-16-18-14(19)12-6-5-7-22-12/h5-8,17H,4H2,1-3H3,(H,18,19)/b16-8+. The maximum absolute atomic E-state index is 11.9. The molecule has 0 saturated heterocycles. The van der Waals surface area contributed by atoms with E-state index in [4.69, 9.17) is 4.74 Å². The predicted octanol–water partition coefficient (Wildman–Crippen LogP) is 2.63. The minimum absolute atomic E-state index is 0.266. The van der Waals surface area contributed by atoms with Crippen LogP contribution in [0.15, 0.2) is 22.6 Å². The molecule has 2 heterocycles. The maximum atomic E-state index is 11.9. The molecule has 116 valence electrons. The Balaban J connectivity index is 2.10. The van der Waals surface area contributed by atoms with Gasteiger partial charge in [-0.05, 0) is 37.8 Å². The number of hydrogen-bond donors (Lipinski definition) is 2. The molecule has 0 radical (unpaired) electrons. The van der Waals surface area contributed by atoms with Crippen molar-refractivity contribution in [1.29, 1.82) is 0 Å². The van der Waals surface area contributed by atoms with Gasteiger partial charge in [-0.1, -0.05) is 6.07 Å². The number of nitrogens with one attached hydrogen (secondary N) is 2. The van der Waals surface area contributed by atoms with Gasteiger partial charge < -0.3 is 9.72 Å². The number of hydrazone groups is 1. The van der Waals surface area contributed by atoms with E-state index in [0.717, 1.165) is 5.56 Å². The number of hydrogen-bond acceptors (Lipinski definition) is 5. The molecule has 0 aliphatic rings. The summed E-state index contributed by atoms with van der Waals surface area (Å²) in [5, 5.41) is 5.74. The van der Waals surface area contributed by atoms with Gasteiger partial charge in [-0.3, -0.25) is 4.79 Å². The summed E-state index contributed by atoms with van der Waals surface area (Å²) in [6.07, 6.45) is 1.48. The van der Waals surface area contributed by atoms with E-state index in [-0.39, 0.29) is 11.9 Å². The molecule has 0 saturated carbocycles. The molecule has 0 aliphatic heterocycles. The van der Waals surface area contributed by atoms with Gasteiger partial charge in [0.05, 0.1) is 29.0 Å².